The fourth-order valence-electron chi connectivity index (χ4n) is 2.30. The number of nitrogens with one attached hydrogen (secondary N) is 1. The van der Waals surface area contributed by atoms with Gasteiger partial charge in [-0.25, -0.2) is 8.42 Å². The van der Waals surface area contributed by atoms with Gasteiger partial charge in [0.15, 0.2) is 0 Å². The molecular weight excluding hydrogens is 260 g/mol. The highest BCUT2D eigenvalue weighted by Gasteiger charge is 2.35. The fraction of sp³-hybridized carbons (Fsp3) is 1.00. The van der Waals surface area contributed by atoms with Crippen LogP contribution < -0.4 is 4.72 Å². The summed E-state index contributed by atoms with van der Waals surface area (Å²) >= 11 is 0. The van der Waals surface area contributed by atoms with Crippen molar-refractivity contribution >= 4 is 10.0 Å². The van der Waals surface area contributed by atoms with Gasteiger partial charge in [0.05, 0.1) is 5.75 Å². The van der Waals surface area contributed by atoms with E-state index in [1.165, 1.54) is 4.72 Å². The van der Waals surface area contributed by atoms with E-state index >= 15 is 0 Å². The average molecular weight is 285 g/mol. The molecule has 0 saturated carbocycles. The molecule has 6 heteroatoms. The third-order valence-electron chi connectivity index (χ3n) is 2.83. The predicted molar refractivity (Wildman–Crippen MR) is 70.0 cm³/mol. The van der Waals surface area contributed by atoms with Crippen LogP contribution in [0.15, 0.2) is 0 Å². The Morgan fingerprint density at radius 1 is 1.00 bits per heavy atom. The highest BCUT2D eigenvalue weighted by atomic mass is 32.2. The minimum Gasteiger partial charge on any atom is -0.212 e. The molecule has 0 fully saturated rings. The number of halogens is 2. The van der Waals surface area contributed by atoms with Crippen molar-refractivity contribution in [2.45, 2.75) is 60.4 Å². The minimum absolute atomic E-state index is 0.00620. The summed E-state index contributed by atoms with van der Waals surface area (Å²) in [5, 5.41) is 0. The van der Waals surface area contributed by atoms with Crippen molar-refractivity contribution in [3.8, 4) is 0 Å². The van der Waals surface area contributed by atoms with E-state index in [-0.39, 0.29) is 11.2 Å². The fourth-order valence-corrected chi connectivity index (χ4v) is 4.04. The Morgan fingerprint density at radius 2 is 1.44 bits per heavy atom. The van der Waals surface area contributed by atoms with E-state index in [0.29, 0.717) is 13.3 Å². The highest BCUT2D eigenvalue weighted by molar-refractivity contribution is 7.89. The highest BCUT2D eigenvalue weighted by Crippen LogP contribution is 2.36. The van der Waals surface area contributed by atoms with Gasteiger partial charge in [0.25, 0.3) is 0 Å². The van der Waals surface area contributed by atoms with Gasteiger partial charge in [-0.05, 0) is 17.3 Å². The molecule has 18 heavy (non-hydrogen) atoms. The molecular formula is C12H25F2NO2S. The largest absolute Gasteiger partial charge is 0.311 e. The normalized spacial score (nSPS) is 14.9. The van der Waals surface area contributed by atoms with Crippen molar-refractivity contribution in [1.82, 2.24) is 4.72 Å². The summed E-state index contributed by atoms with van der Waals surface area (Å²) in [6.07, 6.45) is 1.57. The van der Waals surface area contributed by atoms with Crippen LogP contribution in [0, 0.1) is 10.8 Å². The Kier molecular flexibility index (Phi) is 5.34. The van der Waals surface area contributed by atoms with Gasteiger partial charge in [-0.15, -0.1) is 0 Å². The molecule has 0 radical (unpaired) electrons. The Morgan fingerprint density at radius 3 is 1.78 bits per heavy atom. The van der Waals surface area contributed by atoms with Crippen molar-refractivity contribution in [2.24, 2.45) is 10.8 Å². The lowest BCUT2D eigenvalue weighted by molar-refractivity contribution is 0.00982. The number of hydrogen-bond acceptors (Lipinski definition) is 2. The number of rotatable bonds is 7. The van der Waals surface area contributed by atoms with Gasteiger partial charge in [-0.2, -0.15) is 13.5 Å². The predicted octanol–water partition coefficient (Wildman–Crippen LogP) is 3.37. The minimum atomic E-state index is -3.98. The Bertz CT molecular complexity index is 370. The molecule has 3 nitrogen and oxygen atoms in total. The van der Waals surface area contributed by atoms with Crippen LogP contribution in [0.3, 0.4) is 0 Å². The van der Waals surface area contributed by atoms with Gasteiger partial charge in [-0.3, -0.25) is 0 Å². The van der Waals surface area contributed by atoms with Crippen molar-refractivity contribution in [3.63, 3.8) is 0 Å². The molecule has 1 N–H and O–H groups in total. The van der Waals surface area contributed by atoms with E-state index in [2.05, 4.69) is 0 Å². The quantitative estimate of drug-likeness (QED) is 0.729. The number of alkyl halides is 2. The molecule has 0 atom stereocenters. The van der Waals surface area contributed by atoms with Crippen LogP contribution in [0.2, 0.25) is 0 Å². The van der Waals surface area contributed by atoms with Gasteiger partial charge in [0.1, 0.15) is 0 Å². The lowest BCUT2D eigenvalue weighted by Crippen LogP contribution is -2.43. The van der Waals surface area contributed by atoms with Crippen LogP contribution in [0.1, 0.15) is 54.4 Å². The molecule has 0 bridgehead atoms. The molecule has 0 aromatic rings. The topological polar surface area (TPSA) is 46.2 Å². The zero-order valence-electron chi connectivity index (χ0n) is 12.1. The third kappa shape index (κ3) is 7.97. The van der Waals surface area contributed by atoms with Gasteiger partial charge in [0.2, 0.25) is 10.0 Å². The summed E-state index contributed by atoms with van der Waals surface area (Å²) in [4.78, 5) is 0. The molecule has 0 rings (SSSR count). The zero-order valence-corrected chi connectivity index (χ0v) is 12.9. The first-order chi connectivity index (χ1) is 7.68. The molecule has 0 aliphatic rings. The maximum absolute atomic E-state index is 12.7. The first-order valence-corrected chi connectivity index (χ1v) is 7.73. The van der Waals surface area contributed by atoms with Gasteiger partial charge in [0, 0.05) is 6.92 Å². The molecule has 110 valence electrons. The van der Waals surface area contributed by atoms with Crippen molar-refractivity contribution < 1.29 is 17.2 Å². The zero-order chi connectivity index (χ0) is 14.8. The van der Waals surface area contributed by atoms with E-state index in [0.717, 1.165) is 6.42 Å². The third-order valence-corrected chi connectivity index (χ3v) is 4.66. The van der Waals surface area contributed by atoms with Gasteiger partial charge in [-0.1, -0.05) is 41.0 Å². The Labute approximate surface area is 109 Å². The van der Waals surface area contributed by atoms with Crippen LogP contribution in [0.25, 0.3) is 0 Å². The monoisotopic (exact) mass is 285 g/mol. The molecule has 0 aliphatic carbocycles. The Balaban J connectivity index is 4.77. The van der Waals surface area contributed by atoms with E-state index in [1.807, 2.05) is 20.8 Å². The summed E-state index contributed by atoms with van der Waals surface area (Å²) in [5.74, 6) is -0.299. The summed E-state index contributed by atoms with van der Waals surface area (Å²) in [6, 6.07) is -3.41. The summed E-state index contributed by atoms with van der Waals surface area (Å²) in [6.45, 7) is 10.2. The lowest BCUT2D eigenvalue weighted by Gasteiger charge is -2.34. The standard InChI is InChI=1S/C12H25F2NO2S/c1-7-10(2,3)8-11(4,5)9-18(16,17)15-12(6,13)14/h15H,7-9H2,1-6H3. The van der Waals surface area contributed by atoms with Crippen LogP contribution in [0.5, 0.6) is 0 Å². The summed E-state index contributed by atoms with van der Waals surface area (Å²) in [5.41, 5.74) is -0.551. The molecule has 0 heterocycles. The maximum Gasteiger partial charge on any atom is 0.311 e. The molecule has 0 saturated heterocycles. The van der Waals surface area contributed by atoms with E-state index < -0.39 is 21.5 Å². The van der Waals surface area contributed by atoms with E-state index in [4.69, 9.17) is 0 Å². The summed E-state index contributed by atoms with van der Waals surface area (Å²) in [7, 11) is -3.98. The summed E-state index contributed by atoms with van der Waals surface area (Å²) < 4.78 is 50.1. The van der Waals surface area contributed by atoms with Crippen LogP contribution >= 0.6 is 0 Å². The SMILES string of the molecule is CCC(C)(C)CC(C)(C)CS(=O)(=O)NC(C)(F)F. The molecule has 0 aromatic carbocycles. The molecule has 0 unspecified atom stereocenters. The molecule has 0 spiro atoms. The van der Waals surface area contributed by atoms with Crippen LogP contribution in [-0.4, -0.2) is 20.2 Å². The van der Waals surface area contributed by atoms with Crippen molar-refractivity contribution in [1.29, 1.82) is 0 Å². The maximum atomic E-state index is 12.7. The first kappa shape index (κ1) is 17.8. The van der Waals surface area contributed by atoms with Crippen LogP contribution in [-0.2, 0) is 10.0 Å². The smallest absolute Gasteiger partial charge is 0.212 e. The molecule has 0 aromatic heterocycles. The van der Waals surface area contributed by atoms with Crippen molar-refractivity contribution in [2.75, 3.05) is 5.75 Å². The number of hydrogen-bond donors (Lipinski definition) is 1. The molecule has 0 aliphatic heterocycles. The lowest BCUT2D eigenvalue weighted by atomic mass is 9.75. The van der Waals surface area contributed by atoms with E-state index in [9.17, 15) is 17.2 Å². The van der Waals surface area contributed by atoms with Crippen molar-refractivity contribution in [3.05, 3.63) is 0 Å². The van der Waals surface area contributed by atoms with Gasteiger partial charge >= 0.3 is 6.05 Å². The van der Waals surface area contributed by atoms with Gasteiger partial charge < -0.3 is 0 Å². The second-order valence-corrected chi connectivity index (χ2v) is 8.33. The number of sulfonamides is 1. The first-order valence-electron chi connectivity index (χ1n) is 6.08. The molecule has 0 amide bonds. The second kappa shape index (κ2) is 5.41. The second-order valence-electron chi connectivity index (χ2n) is 6.61. The van der Waals surface area contributed by atoms with E-state index in [1.54, 1.807) is 13.8 Å². The average Bonchev–Trinajstić information content (AvgIpc) is 1.93. The Hall–Kier alpha value is -0.230. The van der Waals surface area contributed by atoms with Crippen LogP contribution in [0.4, 0.5) is 8.78 Å².